The van der Waals surface area contributed by atoms with Crippen LogP contribution < -0.4 is 0 Å². The number of carbonyl (C=O) groups excluding carboxylic acids is 1. The molecule has 0 amide bonds. The topological polar surface area (TPSA) is 75.6 Å². The van der Waals surface area contributed by atoms with Gasteiger partial charge in [0, 0.05) is 0 Å². The van der Waals surface area contributed by atoms with Crippen molar-refractivity contribution in [3.05, 3.63) is 138 Å². The number of halogens is 3. The average Bonchev–Trinajstić information content (AvgIpc) is 3.05. The first-order valence-electron chi connectivity index (χ1n) is 14.4. The second-order valence-corrected chi connectivity index (χ2v) is 10.3. The average molecular weight is 620 g/mol. The summed E-state index contributed by atoms with van der Waals surface area (Å²) < 4.78 is 72.8. The Balaban J connectivity index is 1.50. The van der Waals surface area contributed by atoms with Crippen molar-refractivity contribution >= 4 is 17.6 Å². The Morgan fingerprint density at radius 2 is 1.18 bits per heavy atom. The van der Waals surface area contributed by atoms with E-state index >= 15 is 0 Å². The van der Waals surface area contributed by atoms with E-state index < -0.39 is 48.7 Å². The Kier molecular flexibility index (Phi) is 10.6. The third-order valence-electron chi connectivity index (χ3n) is 7.01. The van der Waals surface area contributed by atoms with E-state index in [1.807, 2.05) is 60.7 Å². The molecule has 0 N–H and O–H groups in total. The molecular weight excluding hydrogens is 587 g/mol. The van der Waals surface area contributed by atoms with Crippen molar-refractivity contribution in [2.45, 2.75) is 57.0 Å². The van der Waals surface area contributed by atoms with Crippen LogP contribution in [0.3, 0.4) is 0 Å². The van der Waals surface area contributed by atoms with Crippen molar-refractivity contribution in [2.24, 2.45) is 4.99 Å². The number of hydrogen-bond acceptors (Lipinski definition) is 7. The fourth-order valence-corrected chi connectivity index (χ4v) is 4.78. The van der Waals surface area contributed by atoms with E-state index in [0.29, 0.717) is 5.56 Å². The number of esters is 1. The van der Waals surface area contributed by atoms with Crippen LogP contribution in [-0.2, 0) is 36.9 Å². The van der Waals surface area contributed by atoms with Gasteiger partial charge in [0.15, 0.2) is 6.10 Å². The van der Waals surface area contributed by atoms with Crippen LogP contribution in [0.5, 0.6) is 0 Å². The molecule has 234 valence electrons. The molecule has 0 aliphatic carbocycles. The summed E-state index contributed by atoms with van der Waals surface area (Å²) in [6, 6.07) is 34.3. The summed E-state index contributed by atoms with van der Waals surface area (Å²) in [5, 5.41) is 0. The summed E-state index contributed by atoms with van der Waals surface area (Å²) in [6.07, 6.45) is -11.0. The zero-order chi connectivity index (χ0) is 31.6. The first-order chi connectivity index (χ1) is 21.8. The standard InChI is InChI=1S/C35H32F3NO6/c1-24-29(44-32(40)27-18-10-4-11-19-27)30(41-22-25-14-6-2-7-15-25)31(42-23-26-16-8-3-9-17-26)33(43-24)45-34(35(36,37)38)39-28-20-12-5-13-21-28/h2-21,24,29-31,33H,22-23H2,1H3/t24-,29+,30+,31-,33+/m0/s1. The van der Waals surface area contributed by atoms with Crippen LogP contribution in [0.25, 0.3) is 0 Å². The Bertz CT molecular complexity index is 1520. The molecule has 10 heteroatoms. The molecule has 1 heterocycles. The molecule has 7 nitrogen and oxygen atoms in total. The molecular formula is C35H32F3NO6. The van der Waals surface area contributed by atoms with Gasteiger partial charge in [0.25, 0.3) is 5.90 Å². The summed E-state index contributed by atoms with van der Waals surface area (Å²) >= 11 is 0. The van der Waals surface area contributed by atoms with E-state index in [9.17, 15) is 18.0 Å². The largest absolute Gasteiger partial charge is 0.468 e. The van der Waals surface area contributed by atoms with Crippen LogP contribution in [0.1, 0.15) is 28.4 Å². The zero-order valence-electron chi connectivity index (χ0n) is 24.4. The molecule has 0 aromatic heterocycles. The number of carbonyl (C=O) groups is 1. The lowest BCUT2D eigenvalue weighted by atomic mass is 9.98. The molecule has 0 unspecified atom stereocenters. The number of nitrogens with zero attached hydrogens (tertiary/aromatic N) is 1. The van der Waals surface area contributed by atoms with Gasteiger partial charge in [-0.15, -0.1) is 0 Å². The number of rotatable bonds is 10. The predicted molar refractivity (Wildman–Crippen MR) is 161 cm³/mol. The molecule has 45 heavy (non-hydrogen) atoms. The van der Waals surface area contributed by atoms with Crippen LogP contribution in [-0.4, -0.2) is 48.7 Å². The van der Waals surface area contributed by atoms with Gasteiger partial charge in [-0.25, -0.2) is 9.79 Å². The van der Waals surface area contributed by atoms with Crippen molar-refractivity contribution in [3.8, 4) is 0 Å². The number of para-hydroxylation sites is 1. The maximum Gasteiger partial charge on any atom is 0.468 e. The van der Waals surface area contributed by atoms with Crippen LogP contribution in [0.4, 0.5) is 18.9 Å². The summed E-state index contributed by atoms with van der Waals surface area (Å²) in [6.45, 7) is 1.62. The number of aliphatic imine (C=N–C) groups is 1. The summed E-state index contributed by atoms with van der Waals surface area (Å²) in [7, 11) is 0. The maximum atomic E-state index is 14.3. The molecule has 4 aromatic carbocycles. The molecule has 0 saturated carbocycles. The van der Waals surface area contributed by atoms with Gasteiger partial charge < -0.3 is 23.7 Å². The van der Waals surface area contributed by atoms with Gasteiger partial charge in [0.05, 0.1) is 30.6 Å². The quantitative estimate of drug-likeness (QED) is 0.104. The first-order valence-corrected chi connectivity index (χ1v) is 14.4. The van der Waals surface area contributed by atoms with Crippen molar-refractivity contribution in [1.82, 2.24) is 0 Å². The highest BCUT2D eigenvalue weighted by molar-refractivity contribution is 5.89. The highest BCUT2D eigenvalue weighted by Gasteiger charge is 2.52. The molecule has 0 radical (unpaired) electrons. The number of alkyl halides is 3. The van der Waals surface area contributed by atoms with E-state index in [1.165, 1.54) is 12.1 Å². The van der Waals surface area contributed by atoms with Gasteiger partial charge in [0.2, 0.25) is 6.29 Å². The van der Waals surface area contributed by atoms with Gasteiger partial charge in [0.1, 0.15) is 12.2 Å². The predicted octanol–water partition coefficient (Wildman–Crippen LogP) is 7.44. The molecule has 1 fully saturated rings. The lowest BCUT2D eigenvalue weighted by Gasteiger charge is -2.44. The van der Waals surface area contributed by atoms with Gasteiger partial charge >= 0.3 is 12.1 Å². The van der Waals surface area contributed by atoms with Crippen molar-refractivity contribution < 1.29 is 41.7 Å². The van der Waals surface area contributed by atoms with Crippen molar-refractivity contribution in [3.63, 3.8) is 0 Å². The highest BCUT2D eigenvalue weighted by atomic mass is 19.4. The minimum absolute atomic E-state index is 0.00909. The van der Waals surface area contributed by atoms with Crippen LogP contribution in [0.15, 0.2) is 126 Å². The SMILES string of the molecule is C[C@@H]1O[C@H](OC(=Nc2ccccc2)C(F)(F)F)[C@@H](OCc2ccccc2)[C@H](OCc2ccccc2)[C@@H]1OC(=O)c1ccccc1. The Morgan fingerprint density at radius 1 is 0.689 bits per heavy atom. The Labute approximate surface area is 259 Å². The van der Waals surface area contributed by atoms with Crippen molar-refractivity contribution in [1.29, 1.82) is 0 Å². The van der Waals surface area contributed by atoms with E-state index in [0.717, 1.165) is 11.1 Å². The first kappa shape index (κ1) is 31.9. The summed E-state index contributed by atoms with van der Waals surface area (Å²) in [5.74, 6) is -2.16. The minimum atomic E-state index is -4.95. The van der Waals surface area contributed by atoms with Gasteiger partial charge in [-0.05, 0) is 42.3 Å². The second-order valence-electron chi connectivity index (χ2n) is 10.3. The van der Waals surface area contributed by atoms with E-state index in [1.54, 1.807) is 55.5 Å². The molecule has 0 bridgehead atoms. The molecule has 0 spiro atoms. The number of hydrogen-bond donors (Lipinski definition) is 0. The number of benzene rings is 4. The summed E-state index contributed by atoms with van der Waals surface area (Å²) in [5.41, 5.74) is 1.89. The van der Waals surface area contributed by atoms with Gasteiger partial charge in [-0.3, -0.25) is 0 Å². The number of ether oxygens (including phenoxy) is 5. The fourth-order valence-electron chi connectivity index (χ4n) is 4.78. The van der Waals surface area contributed by atoms with E-state index in [2.05, 4.69) is 4.99 Å². The highest BCUT2D eigenvalue weighted by Crippen LogP contribution is 2.33. The van der Waals surface area contributed by atoms with Crippen LogP contribution in [0, 0.1) is 0 Å². The lowest BCUT2D eigenvalue weighted by Crippen LogP contribution is -2.61. The fraction of sp³-hybridized carbons (Fsp3) is 0.257. The van der Waals surface area contributed by atoms with Crippen LogP contribution >= 0.6 is 0 Å². The zero-order valence-corrected chi connectivity index (χ0v) is 24.4. The van der Waals surface area contributed by atoms with Crippen LogP contribution in [0.2, 0.25) is 0 Å². The third kappa shape index (κ3) is 8.78. The Hall–Kier alpha value is -4.51. The molecule has 5 atom stereocenters. The molecule has 4 aromatic rings. The van der Waals surface area contributed by atoms with Crippen molar-refractivity contribution in [2.75, 3.05) is 0 Å². The molecule has 1 saturated heterocycles. The van der Waals surface area contributed by atoms with Gasteiger partial charge in [-0.1, -0.05) is 97.1 Å². The lowest BCUT2D eigenvalue weighted by molar-refractivity contribution is -0.298. The molecule has 1 aliphatic rings. The third-order valence-corrected chi connectivity index (χ3v) is 7.01. The molecule has 5 rings (SSSR count). The van der Waals surface area contributed by atoms with E-state index in [-0.39, 0.29) is 18.9 Å². The Morgan fingerprint density at radius 3 is 1.71 bits per heavy atom. The second kappa shape index (κ2) is 15.0. The van der Waals surface area contributed by atoms with Gasteiger partial charge in [-0.2, -0.15) is 13.2 Å². The normalized spacial score (nSPS) is 22.0. The maximum absolute atomic E-state index is 14.3. The van der Waals surface area contributed by atoms with E-state index in [4.69, 9.17) is 23.7 Å². The molecule has 1 aliphatic heterocycles. The minimum Gasteiger partial charge on any atom is -0.453 e. The monoisotopic (exact) mass is 619 g/mol. The summed E-state index contributed by atoms with van der Waals surface area (Å²) in [4.78, 5) is 16.9. The smallest absolute Gasteiger partial charge is 0.453 e.